The fraction of sp³-hybridized carbons (Fsp3) is 0.600. The first-order valence-corrected chi connectivity index (χ1v) is 6.75. The number of aliphatic hydroxyl groups excluding tert-OH is 1. The van der Waals surface area contributed by atoms with E-state index < -0.39 is 6.10 Å². The third-order valence-electron chi connectivity index (χ3n) is 3.66. The predicted molar refractivity (Wildman–Crippen MR) is 76.1 cm³/mol. The van der Waals surface area contributed by atoms with Crippen LogP contribution in [-0.4, -0.2) is 45.1 Å². The van der Waals surface area contributed by atoms with Crippen LogP contribution in [0.25, 0.3) is 0 Å². The van der Waals surface area contributed by atoms with E-state index in [1.165, 1.54) is 11.1 Å². The molecule has 1 aromatic rings. The Bertz CT molecular complexity index is 434. The third kappa shape index (κ3) is 3.01. The van der Waals surface area contributed by atoms with Gasteiger partial charge in [0.25, 0.3) is 0 Å². The molecule has 0 saturated heterocycles. The van der Waals surface area contributed by atoms with E-state index in [1.54, 1.807) is 14.2 Å². The van der Waals surface area contributed by atoms with Gasteiger partial charge in [-0.05, 0) is 37.0 Å². The molecule has 2 rings (SSSR count). The third-order valence-corrected chi connectivity index (χ3v) is 3.66. The van der Waals surface area contributed by atoms with E-state index in [9.17, 15) is 5.11 Å². The molecule has 1 aliphatic heterocycles. The maximum absolute atomic E-state index is 9.95. The molecule has 0 unspecified atom stereocenters. The number of ether oxygens (including phenoxy) is 2. The lowest BCUT2D eigenvalue weighted by molar-refractivity contribution is 0.0685. The predicted octanol–water partition coefficient (Wildman–Crippen LogP) is 1.76. The lowest BCUT2D eigenvalue weighted by atomic mass is 9.96. The Kier molecular flexibility index (Phi) is 4.66. The molecule has 0 radical (unpaired) electrons. The first-order chi connectivity index (χ1) is 9.17. The van der Waals surface area contributed by atoms with E-state index >= 15 is 0 Å². The van der Waals surface area contributed by atoms with Crippen molar-refractivity contribution in [1.82, 2.24) is 0 Å². The van der Waals surface area contributed by atoms with Crippen molar-refractivity contribution in [2.24, 2.45) is 0 Å². The molecule has 1 aliphatic rings. The van der Waals surface area contributed by atoms with Gasteiger partial charge < -0.3 is 19.5 Å². The first-order valence-electron chi connectivity index (χ1n) is 6.75. The molecular weight excluding hydrogens is 242 g/mol. The van der Waals surface area contributed by atoms with Crippen LogP contribution in [-0.2, 0) is 11.2 Å². The summed E-state index contributed by atoms with van der Waals surface area (Å²) >= 11 is 0. The summed E-state index contributed by atoms with van der Waals surface area (Å²) in [6, 6.07) is 4.11. The molecule has 0 spiro atoms. The highest BCUT2D eigenvalue weighted by Gasteiger charge is 2.24. The van der Waals surface area contributed by atoms with Gasteiger partial charge in [-0.25, -0.2) is 0 Å². The van der Waals surface area contributed by atoms with Crippen LogP contribution in [0.3, 0.4) is 0 Å². The molecule has 0 bridgehead atoms. The average molecular weight is 265 g/mol. The maximum atomic E-state index is 9.95. The Morgan fingerprint density at radius 2 is 2.16 bits per heavy atom. The van der Waals surface area contributed by atoms with Crippen LogP contribution in [0.2, 0.25) is 0 Å². The fourth-order valence-corrected chi connectivity index (χ4v) is 2.78. The zero-order chi connectivity index (χ0) is 13.8. The number of hydrogen-bond acceptors (Lipinski definition) is 4. The summed E-state index contributed by atoms with van der Waals surface area (Å²) in [5.74, 6) is 0.893. The minimum atomic E-state index is -0.471. The number of hydrogen-bond donors (Lipinski definition) is 1. The van der Waals surface area contributed by atoms with Gasteiger partial charge in [0, 0.05) is 20.2 Å². The van der Waals surface area contributed by atoms with Crippen molar-refractivity contribution in [1.29, 1.82) is 0 Å². The number of rotatable bonds is 5. The maximum Gasteiger partial charge on any atom is 0.142 e. The summed E-state index contributed by atoms with van der Waals surface area (Å²) < 4.78 is 10.5. The van der Waals surface area contributed by atoms with Crippen molar-refractivity contribution in [3.63, 3.8) is 0 Å². The van der Waals surface area contributed by atoms with Gasteiger partial charge in [0.1, 0.15) is 5.75 Å². The van der Waals surface area contributed by atoms with Crippen LogP contribution in [0.1, 0.15) is 17.5 Å². The number of methoxy groups -OCH3 is 2. The molecule has 0 aromatic heterocycles. The lowest BCUT2D eigenvalue weighted by Gasteiger charge is -2.34. The van der Waals surface area contributed by atoms with Gasteiger partial charge in [-0.15, -0.1) is 0 Å². The molecule has 19 heavy (non-hydrogen) atoms. The molecule has 1 aromatic carbocycles. The quantitative estimate of drug-likeness (QED) is 0.881. The molecule has 1 N–H and O–H groups in total. The highest BCUT2D eigenvalue weighted by molar-refractivity contribution is 5.67. The zero-order valence-corrected chi connectivity index (χ0v) is 12.0. The number of aryl methyl sites for hydroxylation is 1. The first kappa shape index (κ1) is 14.2. The van der Waals surface area contributed by atoms with Gasteiger partial charge in [-0.1, -0.05) is 6.07 Å². The largest absolute Gasteiger partial charge is 0.495 e. The molecule has 1 heterocycles. The second-order valence-electron chi connectivity index (χ2n) is 5.07. The normalized spacial score (nSPS) is 16.1. The van der Waals surface area contributed by atoms with Gasteiger partial charge in [0.05, 0.1) is 25.5 Å². The summed E-state index contributed by atoms with van der Waals surface area (Å²) in [5, 5.41) is 9.95. The highest BCUT2D eigenvalue weighted by Crippen LogP contribution is 2.38. The molecular formula is C15H23NO3. The average Bonchev–Trinajstić information content (AvgIpc) is 2.40. The smallest absolute Gasteiger partial charge is 0.142 e. The number of anilines is 1. The van der Waals surface area contributed by atoms with E-state index in [-0.39, 0.29) is 0 Å². The Labute approximate surface area is 114 Å². The van der Waals surface area contributed by atoms with E-state index in [2.05, 4.69) is 17.9 Å². The summed E-state index contributed by atoms with van der Waals surface area (Å²) in [6.45, 7) is 4.03. The summed E-state index contributed by atoms with van der Waals surface area (Å²) in [6.07, 6.45) is 1.72. The van der Waals surface area contributed by atoms with Crippen molar-refractivity contribution < 1.29 is 14.6 Å². The van der Waals surface area contributed by atoms with Gasteiger partial charge in [-0.3, -0.25) is 0 Å². The van der Waals surface area contributed by atoms with Crippen molar-refractivity contribution in [3.8, 4) is 5.75 Å². The Balaban J connectivity index is 2.29. The number of nitrogens with zero attached hydrogens (tertiary/aromatic N) is 1. The van der Waals surface area contributed by atoms with Crippen molar-refractivity contribution in [2.45, 2.75) is 25.9 Å². The molecule has 0 fully saturated rings. The Morgan fingerprint density at radius 3 is 2.84 bits per heavy atom. The van der Waals surface area contributed by atoms with Gasteiger partial charge in [0.15, 0.2) is 0 Å². The minimum Gasteiger partial charge on any atom is -0.495 e. The van der Waals surface area contributed by atoms with Crippen LogP contribution in [0.4, 0.5) is 5.69 Å². The molecule has 1 atom stereocenters. The molecule has 0 saturated carbocycles. The summed E-state index contributed by atoms with van der Waals surface area (Å²) in [7, 11) is 3.31. The second-order valence-corrected chi connectivity index (χ2v) is 5.07. The van der Waals surface area contributed by atoms with Crippen LogP contribution in [0.5, 0.6) is 5.75 Å². The van der Waals surface area contributed by atoms with Crippen LogP contribution in [0.15, 0.2) is 12.1 Å². The van der Waals surface area contributed by atoms with E-state index in [1.807, 2.05) is 6.07 Å². The highest BCUT2D eigenvalue weighted by atomic mass is 16.5. The monoisotopic (exact) mass is 265 g/mol. The molecule has 0 aliphatic carbocycles. The van der Waals surface area contributed by atoms with Crippen molar-refractivity contribution in [2.75, 3.05) is 38.8 Å². The Hall–Kier alpha value is -1.26. The van der Waals surface area contributed by atoms with E-state index in [0.717, 1.165) is 30.8 Å². The standard InChI is InChI=1S/C15H23NO3/c1-11-6-7-14(19-3)15-13(11)5-4-8-16(15)9-12(17)10-18-2/h6-7,12,17H,4-5,8-10H2,1-3H3/t12-/m1/s1. The number of fused-ring (bicyclic) bond motifs is 1. The molecule has 4 heteroatoms. The van der Waals surface area contributed by atoms with E-state index in [0.29, 0.717) is 13.2 Å². The summed E-state index contributed by atoms with van der Waals surface area (Å²) in [4.78, 5) is 2.22. The number of benzene rings is 1. The molecule has 0 amide bonds. The number of β-amino-alcohol motifs (C(OH)–C–C–N with tert-alkyl or cyclic N) is 1. The SMILES string of the molecule is COC[C@H](O)CN1CCCc2c(C)ccc(OC)c21. The van der Waals surface area contributed by atoms with Crippen molar-refractivity contribution in [3.05, 3.63) is 23.3 Å². The molecule has 106 valence electrons. The van der Waals surface area contributed by atoms with Crippen molar-refractivity contribution >= 4 is 5.69 Å². The molecule has 4 nitrogen and oxygen atoms in total. The van der Waals surface area contributed by atoms with Gasteiger partial charge in [0.2, 0.25) is 0 Å². The van der Waals surface area contributed by atoms with Gasteiger partial charge in [-0.2, -0.15) is 0 Å². The second kappa shape index (κ2) is 6.26. The minimum absolute atomic E-state index is 0.361. The van der Waals surface area contributed by atoms with Crippen LogP contribution >= 0.6 is 0 Å². The zero-order valence-electron chi connectivity index (χ0n) is 12.0. The lowest BCUT2D eigenvalue weighted by Crippen LogP contribution is -2.38. The van der Waals surface area contributed by atoms with Gasteiger partial charge >= 0.3 is 0 Å². The van der Waals surface area contributed by atoms with Crippen LogP contribution < -0.4 is 9.64 Å². The topological polar surface area (TPSA) is 41.9 Å². The summed E-state index contributed by atoms with van der Waals surface area (Å²) in [5.41, 5.74) is 3.78. The van der Waals surface area contributed by atoms with Crippen LogP contribution in [0, 0.1) is 6.92 Å². The fourth-order valence-electron chi connectivity index (χ4n) is 2.78. The number of aliphatic hydroxyl groups is 1. The Morgan fingerprint density at radius 1 is 1.37 bits per heavy atom. The van der Waals surface area contributed by atoms with E-state index in [4.69, 9.17) is 9.47 Å².